The minimum absolute atomic E-state index is 0.204. The summed E-state index contributed by atoms with van der Waals surface area (Å²) < 4.78 is 0. The first-order valence-electron chi connectivity index (χ1n) is 3.26. The molecule has 0 atom stereocenters. The van der Waals surface area contributed by atoms with Crippen LogP contribution in [0.3, 0.4) is 0 Å². The fourth-order valence-corrected chi connectivity index (χ4v) is 0.776. The van der Waals surface area contributed by atoms with Crippen molar-refractivity contribution in [2.75, 3.05) is 0 Å². The van der Waals surface area contributed by atoms with Gasteiger partial charge in [0.05, 0.1) is 11.6 Å². The number of allylic oxidation sites excluding steroid dienone is 1. The van der Waals surface area contributed by atoms with E-state index in [1.54, 1.807) is 0 Å². The molecule has 0 aliphatic heterocycles. The highest BCUT2D eigenvalue weighted by Crippen LogP contribution is 2.27. The van der Waals surface area contributed by atoms with Gasteiger partial charge in [0, 0.05) is 0 Å². The van der Waals surface area contributed by atoms with Crippen molar-refractivity contribution in [2.24, 2.45) is 0 Å². The van der Waals surface area contributed by atoms with Crippen molar-refractivity contribution in [3.63, 3.8) is 0 Å². The zero-order valence-corrected chi connectivity index (χ0v) is 6.28. The van der Waals surface area contributed by atoms with Crippen molar-refractivity contribution in [1.29, 1.82) is 5.26 Å². The van der Waals surface area contributed by atoms with Crippen LogP contribution >= 0.6 is 0 Å². The summed E-state index contributed by atoms with van der Waals surface area (Å²) in [5.41, 5.74) is 0.762. The Balaban J connectivity index is 3.15. The number of phenolic OH excluding ortho intramolecular Hbond substituents is 2. The number of nitrogens with zero attached hydrogens (tertiary/aromatic N) is 1. The minimum Gasteiger partial charge on any atom is -0.504 e. The second-order valence-corrected chi connectivity index (χ2v) is 2.29. The van der Waals surface area contributed by atoms with Gasteiger partial charge in [0.25, 0.3) is 0 Å². The molecule has 3 nitrogen and oxygen atoms in total. The zero-order valence-electron chi connectivity index (χ0n) is 6.28. The summed E-state index contributed by atoms with van der Waals surface area (Å²) >= 11 is 0. The molecule has 12 heavy (non-hydrogen) atoms. The highest BCUT2D eigenvalue weighted by molar-refractivity contribution is 5.75. The molecule has 0 heterocycles. The van der Waals surface area contributed by atoms with Crippen molar-refractivity contribution in [3.05, 3.63) is 30.3 Å². The molecule has 0 radical (unpaired) electrons. The molecule has 0 bridgehead atoms. The van der Waals surface area contributed by atoms with E-state index >= 15 is 0 Å². The van der Waals surface area contributed by atoms with E-state index in [2.05, 4.69) is 6.58 Å². The molecule has 3 heteroatoms. The Morgan fingerprint density at radius 3 is 2.50 bits per heavy atom. The van der Waals surface area contributed by atoms with E-state index in [0.717, 1.165) is 0 Å². The number of phenols is 2. The highest BCUT2D eigenvalue weighted by atomic mass is 16.3. The fourth-order valence-electron chi connectivity index (χ4n) is 0.776. The van der Waals surface area contributed by atoms with Crippen molar-refractivity contribution in [1.82, 2.24) is 0 Å². The monoisotopic (exact) mass is 161 g/mol. The van der Waals surface area contributed by atoms with Gasteiger partial charge in [-0.25, -0.2) is 0 Å². The molecule has 1 rings (SSSR count). The third-order valence-electron chi connectivity index (χ3n) is 1.46. The molecular formula is C9H7NO2. The minimum atomic E-state index is -0.246. The van der Waals surface area contributed by atoms with Gasteiger partial charge < -0.3 is 10.2 Å². The van der Waals surface area contributed by atoms with Crippen molar-refractivity contribution in [3.8, 4) is 17.6 Å². The normalized spacial score (nSPS) is 8.92. The lowest BCUT2D eigenvalue weighted by Gasteiger charge is -1.99. The van der Waals surface area contributed by atoms with E-state index in [4.69, 9.17) is 15.5 Å². The molecule has 0 aliphatic rings. The molecule has 0 fully saturated rings. The van der Waals surface area contributed by atoms with Crippen molar-refractivity contribution < 1.29 is 10.2 Å². The van der Waals surface area contributed by atoms with Gasteiger partial charge in [-0.05, 0) is 23.8 Å². The lowest BCUT2D eigenvalue weighted by Crippen LogP contribution is -1.78. The molecule has 0 saturated carbocycles. The molecule has 1 aromatic rings. The number of hydrogen-bond acceptors (Lipinski definition) is 3. The molecule has 0 amide bonds. The lowest BCUT2D eigenvalue weighted by molar-refractivity contribution is 0.403. The number of aromatic hydroxyl groups is 2. The number of rotatable bonds is 1. The topological polar surface area (TPSA) is 64.2 Å². The SMILES string of the molecule is C=C(C#N)c1ccc(O)c(O)c1. The van der Waals surface area contributed by atoms with Crippen LogP contribution in [0, 0.1) is 11.3 Å². The largest absolute Gasteiger partial charge is 0.504 e. The third-order valence-corrected chi connectivity index (χ3v) is 1.46. The van der Waals surface area contributed by atoms with Gasteiger partial charge in [0.1, 0.15) is 0 Å². The molecule has 1 aromatic carbocycles. The molecule has 0 unspecified atom stereocenters. The van der Waals surface area contributed by atoms with Crippen LogP contribution in [0.5, 0.6) is 11.5 Å². The third kappa shape index (κ3) is 1.38. The average Bonchev–Trinajstić information content (AvgIpc) is 2.08. The Morgan fingerprint density at radius 2 is 2.00 bits per heavy atom. The van der Waals surface area contributed by atoms with Crippen LogP contribution in [-0.4, -0.2) is 10.2 Å². The standard InChI is InChI=1S/C9H7NO2/c1-6(5-10)7-2-3-8(11)9(12)4-7/h2-4,11-12H,1H2. The highest BCUT2D eigenvalue weighted by Gasteiger charge is 2.02. The Bertz CT molecular complexity index is 363. The van der Waals surface area contributed by atoms with E-state index < -0.39 is 0 Å². The van der Waals surface area contributed by atoms with Crippen LogP contribution in [0.25, 0.3) is 5.57 Å². The van der Waals surface area contributed by atoms with Gasteiger partial charge in [0.2, 0.25) is 0 Å². The smallest absolute Gasteiger partial charge is 0.158 e. The molecule has 0 aliphatic carbocycles. The van der Waals surface area contributed by atoms with Crippen molar-refractivity contribution >= 4 is 5.57 Å². The first-order valence-corrected chi connectivity index (χ1v) is 3.26. The predicted molar refractivity (Wildman–Crippen MR) is 44.4 cm³/mol. The van der Waals surface area contributed by atoms with Gasteiger partial charge >= 0.3 is 0 Å². The summed E-state index contributed by atoms with van der Waals surface area (Å²) in [6, 6.07) is 5.96. The number of nitriles is 1. The van der Waals surface area contributed by atoms with E-state index in [9.17, 15) is 0 Å². The van der Waals surface area contributed by atoms with Crippen LogP contribution < -0.4 is 0 Å². The van der Waals surface area contributed by atoms with Crippen molar-refractivity contribution in [2.45, 2.75) is 0 Å². The maximum atomic E-state index is 9.04. The number of hydrogen-bond donors (Lipinski definition) is 2. The van der Waals surface area contributed by atoms with Gasteiger partial charge in [-0.3, -0.25) is 0 Å². The zero-order chi connectivity index (χ0) is 9.14. The Hall–Kier alpha value is -1.95. The van der Waals surface area contributed by atoms with Crippen LogP contribution in [-0.2, 0) is 0 Å². The maximum Gasteiger partial charge on any atom is 0.158 e. The molecule has 60 valence electrons. The van der Waals surface area contributed by atoms with Gasteiger partial charge in [-0.15, -0.1) is 0 Å². The first-order chi connectivity index (χ1) is 5.65. The molecule has 0 saturated heterocycles. The molecule has 0 aromatic heterocycles. The van der Waals surface area contributed by atoms with E-state index in [-0.39, 0.29) is 17.1 Å². The van der Waals surface area contributed by atoms with E-state index in [1.807, 2.05) is 6.07 Å². The molecule has 2 N–H and O–H groups in total. The van der Waals surface area contributed by atoms with Gasteiger partial charge in [-0.1, -0.05) is 6.58 Å². The summed E-state index contributed by atoms with van der Waals surface area (Å²) in [4.78, 5) is 0. The van der Waals surface area contributed by atoms with Gasteiger partial charge in [-0.2, -0.15) is 5.26 Å². The second-order valence-electron chi connectivity index (χ2n) is 2.29. The molecule has 0 spiro atoms. The fraction of sp³-hybridized carbons (Fsp3) is 0. The van der Waals surface area contributed by atoms with Gasteiger partial charge in [0.15, 0.2) is 11.5 Å². The van der Waals surface area contributed by atoms with E-state index in [0.29, 0.717) is 5.56 Å². The van der Waals surface area contributed by atoms with Crippen LogP contribution in [0.2, 0.25) is 0 Å². The number of benzene rings is 1. The maximum absolute atomic E-state index is 9.04. The quantitative estimate of drug-likeness (QED) is 0.486. The summed E-state index contributed by atoms with van der Waals surface area (Å²) in [5.74, 6) is -0.451. The average molecular weight is 161 g/mol. The summed E-state index contributed by atoms with van der Waals surface area (Å²) in [5, 5.41) is 26.4. The van der Waals surface area contributed by atoms with Crippen LogP contribution in [0.1, 0.15) is 5.56 Å². The lowest BCUT2D eigenvalue weighted by atomic mass is 10.1. The summed E-state index contributed by atoms with van der Waals surface area (Å²) in [7, 11) is 0. The summed E-state index contributed by atoms with van der Waals surface area (Å²) in [6.07, 6.45) is 0. The Kier molecular flexibility index (Phi) is 2.02. The Labute approximate surface area is 69.8 Å². The van der Waals surface area contributed by atoms with Crippen LogP contribution in [0.4, 0.5) is 0 Å². The van der Waals surface area contributed by atoms with Crippen LogP contribution in [0.15, 0.2) is 24.8 Å². The molecular weight excluding hydrogens is 154 g/mol. The first kappa shape index (κ1) is 8.15. The second kappa shape index (κ2) is 2.97. The summed E-state index contributed by atoms with van der Waals surface area (Å²) in [6.45, 7) is 3.46. The Morgan fingerprint density at radius 1 is 1.33 bits per heavy atom. The van der Waals surface area contributed by atoms with E-state index in [1.165, 1.54) is 18.2 Å². The predicted octanol–water partition coefficient (Wildman–Crippen LogP) is 1.63.